The van der Waals surface area contributed by atoms with Crippen molar-refractivity contribution < 1.29 is 0 Å². The molecule has 0 radical (unpaired) electrons. The highest BCUT2D eigenvalue weighted by Crippen LogP contribution is 2.17. The van der Waals surface area contributed by atoms with E-state index in [-0.39, 0.29) is 0 Å². The normalized spacial score (nSPS) is 10.0. The maximum Gasteiger partial charge on any atom is 0.135 e. The zero-order valence-electron chi connectivity index (χ0n) is 13.3. The van der Waals surface area contributed by atoms with Gasteiger partial charge in [-0.2, -0.15) is 5.26 Å². The fourth-order valence-corrected chi connectivity index (χ4v) is 2.24. The number of benzene rings is 2. The molecule has 0 fully saturated rings. The van der Waals surface area contributed by atoms with Crippen LogP contribution in [0.3, 0.4) is 0 Å². The lowest BCUT2D eigenvalue weighted by atomic mass is 10.1. The Morgan fingerprint density at radius 2 is 1.79 bits per heavy atom. The smallest absolute Gasteiger partial charge is 0.135 e. The number of aryl methyl sites for hydroxylation is 1. The fraction of sp³-hybridized carbons (Fsp3) is 0.105. The van der Waals surface area contributed by atoms with E-state index in [4.69, 9.17) is 5.26 Å². The minimum atomic E-state index is 0.603. The summed E-state index contributed by atoms with van der Waals surface area (Å²) in [5.74, 6) is 1.41. The van der Waals surface area contributed by atoms with Gasteiger partial charge in [0.15, 0.2) is 0 Å². The van der Waals surface area contributed by atoms with Gasteiger partial charge in [0, 0.05) is 18.3 Å². The minimum absolute atomic E-state index is 0.603. The van der Waals surface area contributed by atoms with Crippen molar-refractivity contribution in [3.63, 3.8) is 0 Å². The average molecular weight is 315 g/mol. The van der Waals surface area contributed by atoms with Gasteiger partial charge in [-0.3, -0.25) is 0 Å². The number of anilines is 3. The van der Waals surface area contributed by atoms with Gasteiger partial charge in [-0.25, -0.2) is 9.97 Å². The van der Waals surface area contributed by atoms with Crippen molar-refractivity contribution in [1.82, 2.24) is 9.97 Å². The Kier molecular flexibility index (Phi) is 4.68. The largest absolute Gasteiger partial charge is 0.366 e. The van der Waals surface area contributed by atoms with Gasteiger partial charge in [-0.1, -0.05) is 35.9 Å². The van der Waals surface area contributed by atoms with Crippen LogP contribution in [-0.4, -0.2) is 9.97 Å². The predicted molar refractivity (Wildman–Crippen MR) is 95.0 cm³/mol. The summed E-state index contributed by atoms with van der Waals surface area (Å²) in [6, 6.07) is 19.6. The van der Waals surface area contributed by atoms with Crippen molar-refractivity contribution in [1.29, 1.82) is 5.26 Å². The zero-order valence-corrected chi connectivity index (χ0v) is 13.3. The van der Waals surface area contributed by atoms with Gasteiger partial charge in [0.1, 0.15) is 18.0 Å². The lowest BCUT2D eigenvalue weighted by Gasteiger charge is -2.09. The molecule has 0 spiro atoms. The van der Waals surface area contributed by atoms with Gasteiger partial charge in [0.25, 0.3) is 0 Å². The molecule has 0 aliphatic heterocycles. The summed E-state index contributed by atoms with van der Waals surface area (Å²) in [7, 11) is 0. The lowest BCUT2D eigenvalue weighted by Crippen LogP contribution is -2.03. The van der Waals surface area contributed by atoms with Gasteiger partial charge in [0.05, 0.1) is 11.6 Å². The second-order valence-electron chi connectivity index (χ2n) is 5.45. The average Bonchev–Trinajstić information content (AvgIpc) is 2.62. The van der Waals surface area contributed by atoms with E-state index >= 15 is 0 Å². The third-order valence-electron chi connectivity index (χ3n) is 3.53. The second-order valence-corrected chi connectivity index (χ2v) is 5.45. The molecule has 2 aromatic carbocycles. The van der Waals surface area contributed by atoms with E-state index in [1.54, 1.807) is 12.1 Å². The Balaban J connectivity index is 1.67. The molecule has 0 bridgehead atoms. The third kappa shape index (κ3) is 4.08. The maximum absolute atomic E-state index is 8.95. The van der Waals surface area contributed by atoms with E-state index in [0.717, 1.165) is 11.5 Å². The first-order valence-electron chi connectivity index (χ1n) is 7.61. The van der Waals surface area contributed by atoms with Crippen LogP contribution in [-0.2, 0) is 6.54 Å². The van der Waals surface area contributed by atoms with E-state index in [2.05, 4.69) is 57.9 Å². The number of aromatic nitrogens is 2. The Hall–Kier alpha value is -3.39. The molecule has 0 aliphatic carbocycles. The van der Waals surface area contributed by atoms with Crippen molar-refractivity contribution in [2.75, 3.05) is 10.6 Å². The Labute approximate surface area is 141 Å². The van der Waals surface area contributed by atoms with Crippen LogP contribution < -0.4 is 10.6 Å². The summed E-state index contributed by atoms with van der Waals surface area (Å²) >= 11 is 0. The fourth-order valence-electron chi connectivity index (χ4n) is 2.24. The Bertz CT molecular complexity index is 865. The summed E-state index contributed by atoms with van der Waals surface area (Å²) in [6.45, 7) is 2.77. The molecule has 3 rings (SSSR count). The molecule has 1 heterocycles. The third-order valence-corrected chi connectivity index (χ3v) is 3.53. The second kappa shape index (κ2) is 7.25. The number of rotatable bonds is 5. The van der Waals surface area contributed by atoms with Gasteiger partial charge >= 0.3 is 0 Å². The molecule has 118 valence electrons. The predicted octanol–water partition coefficient (Wildman–Crippen LogP) is 4.01. The van der Waals surface area contributed by atoms with Crippen LogP contribution in [0.4, 0.5) is 17.3 Å². The molecule has 0 atom stereocenters. The molecule has 0 saturated carbocycles. The summed E-state index contributed by atoms with van der Waals surface area (Å²) < 4.78 is 0. The SMILES string of the molecule is Cc1ccc(CNc2cc(Nc3cccc(C#N)c3)ncn2)cc1. The van der Waals surface area contributed by atoms with Crippen molar-refractivity contribution in [3.8, 4) is 6.07 Å². The number of hydrogen-bond acceptors (Lipinski definition) is 5. The summed E-state index contributed by atoms with van der Waals surface area (Å²) in [6.07, 6.45) is 1.51. The molecule has 24 heavy (non-hydrogen) atoms. The summed E-state index contributed by atoms with van der Waals surface area (Å²) in [5.41, 5.74) is 3.85. The first-order valence-corrected chi connectivity index (χ1v) is 7.61. The van der Waals surface area contributed by atoms with Crippen LogP contribution in [0.1, 0.15) is 16.7 Å². The van der Waals surface area contributed by atoms with Gasteiger partial charge in [0.2, 0.25) is 0 Å². The van der Waals surface area contributed by atoms with Crippen LogP contribution in [0.25, 0.3) is 0 Å². The Morgan fingerprint density at radius 3 is 2.58 bits per heavy atom. The highest BCUT2D eigenvalue weighted by atomic mass is 15.1. The Morgan fingerprint density at radius 1 is 1.00 bits per heavy atom. The lowest BCUT2D eigenvalue weighted by molar-refractivity contribution is 1.08. The first-order chi connectivity index (χ1) is 11.7. The van der Waals surface area contributed by atoms with Gasteiger partial charge in [-0.15, -0.1) is 0 Å². The quantitative estimate of drug-likeness (QED) is 0.744. The molecule has 5 nitrogen and oxygen atoms in total. The molecule has 1 aromatic heterocycles. The number of nitrogens with zero attached hydrogens (tertiary/aromatic N) is 3. The van der Waals surface area contributed by atoms with E-state index in [9.17, 15) is 0 Å². The number of nitrogens with one attached hydrogen (secondary N) is 2. The van der Waals surface area contributed by atoms with E-state index < -0.39 is 0 Å². The van der Waals surface area contributed by atoms with Crippen LogP contribution in [0.5, 0.6) is 0 Å². The van der Waals surface area contributed by atoms with E-state index in [1.165, 1.54) is 17.5 Å². The van der Waals surface area contributed by atoms with Crippen LogP contribution in [0, 0.1) is 18.3 Å². The number of hydrogen-bond donors (Lipinski definition) is 2. The molecule has 2 N–H and O–H groups in total. The summed E-state index contributed by atoms with van der Waals surface area (Å²) in [4.78, 5) is 8.44. The van der Waals surface area contributed by atoms with E-state index in [0.29, 0.717) is 17.9 Å². The topological polar surface area (TPSA) is 73.6 Å². The van der Waals surface area contributed by atoms with Gasteiger partial charge < -0.3 is 10.6 Å². The molecular formula is C19H17N5. The van der Waals surface area contributed by atoms with Crippen LogP contribution >= 0.6 is 0 Å². The highest BCUT2D eigenvalue weighted by Gasteiger charge is 2.01. The molecule has 0 amide bonds. The summed E-state index contributed by atoms with van der Waals surface area (Å²) in [5, 5.41) is 15.4. The molecule has 0 unspecified atom stereocenters. The molecule has 0 aliphatic rings. The van der Waals surface area contributed by atoms with E-state index in [1.807, 2.05) is 18.2 Å². The first kappa shape index (κ1) is 15.5. The minimum Gasteiger partial charge on any atom is -0.366 e. The van der Waals surface area contributed by atoms with Crippen LogP contribution in [0.15, 0.2) is 60.9 Å². The molecule has 0 saturated heterocycles. The van der Waals surface area contributed by atoms with Crippen molar-refractivity contribution in [3.05, 3.63) is 77.6 Å². The molecule has 3 aromatic rings. The highest BCUT2D eigenvalue weighted by molar-refractivity contribution is 5.60. The van der Waals surface area contributed by atoms with Gasteiger partial charge in [-0.05, 0) is 30.7 Å². The van der Waals surface area contributed by atoms with Crippen molar-refractivity contribution in [2.24, 2.45) is 0 Å². The molecular weight excluding hydrogens is 298 g/mol. The number of nitriles is 1. The van der Waals surface area contributed by atoms with Crippen LogP contribution in [0.2, 0.25) is 0 Å². The monoisotopic (exact) mass is 315 g/mol. The van der Waals surface area contributed by atoms with Crippen molar-refractivity contribution >= 4 is 17.3 Å². The standard InChI is InChI=1S/C19H17N5/c1-14-5-7-15(8-6-14)12-21-18-10-19(23-13-22-18)24-17-4-2-3-16(9-17)11-20/h2-10,13H,12H2,1H3,(H2,21,22,23,24). The maximum atomic E-state index is 8.95. The zero-order chi connectivity index (χ0) is 16.8. The molecule has 5 heteroatoms. The van der Waals surface area contributed by atoms with Crippen molar-refractivity contribution in [2.45, 2.75) is 13.5 Å².